The number of ether oxygens (including phenoxy) is 1. The van der Waals surface area contributed by atoms with Gasteiger partial charge in [0.15, 0.2) is 15.7 Å². The van der Waals surface area contributed by atoms with E-state index in [0.717, 1.165) is 6.26 Å². The van der Waals surface area contributed by atoms with E-state index in [1.807, 2.05) is 0 Å². The van der Waals surface area contributed by atoms with Crippen molar-refractivity contribution >= 4 is 26.8 Å². The number of carbonyl (C=O) groups is 1. The maximum absolute atomic E-state index is 11.5. The number of hydrogen-bond acceptors (Lipinski definition) is 7. The Bertz CT molecular complexity index is 758. The summed E-state index contributed by atoms with van der Waals surface area (Å²) < 4.78 is 27.8. The molecule has 0 aliphatic carbocycles. The lowest BCUT2D eigenvalue weighted by Gasteiger charge is -2.03. The van der Waals surface area contributed by atoms with Crippen molar-refractivity contribution in [3.05, 3.63) is 24.0 Å². The monoisotopic (exact) mass is 295 g/mol. The van der Waals surface area contributed by atoms with Gasteiger partial charge in [-0.25, -0.2) is 13.4 Å². The summed E-state index contributed by atoms with van der Waals surface area (Å²) in [6.45, 7) is 1.98. The highest BCUT2D eigenvalue weighted by Crippen LogP contribution is 2.15. The van der Waals surface area contributed by atoms with Crippen molar-refractivity contribution in [2.75, 3.05) is 12.9 Å². The van der Waals surface area contributed by atoms with Crippen LogP contribution in [0, 0.1) is 0 Å². The van der Waals surface area contributed by atoms with Gasteiger partial charge < -0.3 is 4.74 Å². The summed E-state index contributed by atoms with van der Waals surface area (Å²) in [4.78, 5) is 15.6. The highest BCUT2D eigenvalue weighted by Gasteiger charge is 2.12. The fourth-order valence-electron chi connectivity index (χ4n) is 1.60. The molecule has 0 atom stereocenters. The lowest BCUT2D eigenvalue weighted by molar-refractivity contribution is -0.142. The Labute approximate surface area is 115 Å². The molecule has 0 aliphatic rings. The van der Waals surface area contributed by atoms with E-state index in [1.165, 1.54) is 18.2 Å². The molecular formula is C12H13N3O4S. The lowest BCUT2D eigenvalue weighted by Crippen LogP contribution is -2.11. The second kappa shape index (κ2) is 5.49. The minimum absolute atomic E-state index is 0.0973. The zero-order chi connectivity index (χ0) is 14.8. The summed E-state index contributed by atoms with van der Waals surface area (Å²) >= 11 is 0. The van der Waals surface area contributed by atoms with E-state index in [4.69, 9.17) is 4.74 Å². The van der Waals surface area contributed by atoms with Crippen molar-refractivity contribution in [1.82, 2.24) is 15.2 Å². The van der Waals surface area contributed by atoms with Crippen LogP contribution < -0.4 is 0 Å². The van der Waals surface area contributed by atoms with E-state index in [9.17, 15) is 13.2 Å². The first-order valence-electron chi connectivity index (χ1n) is 5.89. The van der Waals surface area contributed by atoms with Crippen LogP contribution in [0.4, 0.5) is 0 Å². The van der Waals surface area contributed by atoms with Crippen molar-refractivity contribution in [2.24, 2.45) is 0 Å². The van der Waals surface area contributed by atoms with Crippen molar-refractivity contribution < 1.29 is 17.9 Å². The molecule has 0 bridgehead atoms. The fourth-order valence-corrected chi connectivity index (χ4v) is 2.24. The van der Waals surface area contributed by atoms with Gasteiger partial charge in [0.05, 0.1) is 17.0 Å². The molecule has 0 aliphatic heterocycles. The minimum Gasteiger partial charge on any atom is -0.466 e. The van der Waals surface area contributed by atoms with Crippen LogP contribution in [0.1, 0.15) is 12.7 Å². The molecule has 0 spiro atoms. The summed E-state index contributed by atoms with van der Waals surface area (Å²) in [5, 5.41) is 7.71. The van der Waals surface area contributed by atoms with Gasteiger partial charge in [0.2, 0.25) is 0 Å². The van der Waals surface area contributed by atoms with E-state index in [-0.39, 0.29) is 23.7 Å². The summed E-state index contributed by atoms with van der Waals surface area (Å²) in [5.74, 6) is -0.255. The van der Waals surface area contributed by atoms with Crippen LogP contribution in [-0.2, 0) is 25.8 Å². The molecule has 106 valence electrons. The van der Waals surface area contributed by atoms with Crippen LogP contribution >= 0.6 is 0 Å². The molecule has 2 aromatic rings. The average Bonchev–Trinajstić information content (AvgIpc) is 2.37. The second-order valence-corrected chi connectivity index (χ2v) is 6.15. The highest BCUT2D eigenvalue weighted by molar-refractivity contribution is 7.90. The Balaban J connectivity index is 2.39. The summed E-state index contributed by atoms with van der Waals surface area (Å²) in [7, 11) is -3.32. The van der Waals surface area contributed by atoms with Gasteiger partial charge >= 0.3 is 5.97 Å². The molecule has 7 nitrogen and oxygen atoms in total. The van der Waals surface area contributed by atoms with E-state index in [1.54, 1.807) is 6.92 Å². The molecule has 0 unspecified atom stereocenters. The maximum Gasteiger partial charge on any atom is 0.313 e. The molecule has 8 heteroatoms. The number of esters is 1. The number of rotatable bonds is 4. The summed E-state index contributed by atoms with van der Waals surface area (Å²) in [6.07, 6.45) is 1.02. The SMILES string of the molecule is CCOC(=O)Cc1nnc2ccc(S(C)(=O)=O)cc2n1. The predicted molar refractivity (Wildman–Crippen MR) is 70.8 cm³/mol. The van der Waals surface area contributed by atoms with E-state index in [0.29, 0.717) is 11.0 Å². The molecule has 0 saturated heterocycles. The van der Waals surface area contributed by atoms with Crippen LogP contribution in [0.3, 0.4) is 0 Å². The van der Waals surface area contributed by atoms with Crippen LogP contribution in [0.5, 0.6) is 0 Å². The standard InChI is InChI=1S/C12H13N3O4S/c1-3-19-12(16)7-11-13-10-6-8(20(2,17)18)4-5-9(10)14-15-11/h4-6H,3,7H2,1-2H3. The van der Waals surface area contributed by atoms with Gasteiger partial charge in [-0.15, -0.1) is 10.2 Å². The van der Waals surface area contributed by atoms with Crippen molar-refractivity contribution in [1.29, 1.82) is 0 Å². The number of hydrogen-bond donors (Lipinski definition) is 0. The lowest BCUT2D eigenvalue weighted by atomic mass is 10.3. The smallest absolute Gasteiger partial charge is 0.313 e. The Hall–Kier alpha value is -2.09. The molecule has 0 N–H and O–H groups in total. The highest BCUT2D eigenvalue weighted by atomic mass is 32.2. The van der Waals surface area contributed by atoms with Gasteiger partial charge in [0, 0.05) is 6.26 Å². The van der Waals surface area contributed by atoms with E-state index >= 15 is 0 Å². The van der Waals surface area contributed by atoms with Crippen molar-refractivity contribution in [2.45, 2.75) is 18.2 Å². The molecule has 20 heavy (non-hydrogen) atoms. The number of fused-ring (bicyclic) bond motifs is 1. The third kappa shape index (κ3) is 3.27. The van der Waals surface area contributed by atoms with Crippen LogP contribution in [0.2, 0.25) is 0 Å². The average molecular weight is 295 g/mol. The molecule has 0 radical (unpaired) electrons. The zero-order valence-corrected chi connectivity index (χ0v) is 11.8. The second-order valence-electron chi connectivity index (χ2n) is 4.13. The van der Waals surface area contributed by atoms with Crippen molar-refractivity contribution in [3.63, 3.8) is 0 Å². The fraction of sp³-hybridized carbons (Fsp3) is 0.333. The molecule has 1 aromatic carbocycles. The van der Waals surface area contributed by atoms with Gasteiger partial charge in [-0.05, 0) is 25.1 Å². The number of aromatic nitrogens is 3. The minimum atomic E-state index is -3.32. The van der Waals surface area contributed by atoms with Gasteiger partial charge in [0.1, 0.15) is 11.9 Å². The van der Waals surface area contributed by atoms with Crippen LogP contribution in [0.15, 0.2) is 23.1 Å². The molecule has 0 fully saturated rings. The van der Waals surface area contributed by atoms with E-state index in [2.05, 4.69) is 15.2 Å². The Morgan fingerprint density at radius 1 is 1.25 bits per heavy atom. The summed E-state index contributed by atoms with van der Waals surface area (Å²) in [6, 6.07) is 4.38. The number of sulfone groups is 1. The first-order valence-corrected chi connectivity index (χ1v) is 7.78. The topological polar surface area (TPSA) is 99.1 Å². The van der Waals surface area contributed by atoms with E-state index < -0.39 is 15.8 Å². The molecule has 0 amide bonds. The Kier molecular flexibility index (Phi) is 3.93. The largest absolute Gasteiger partial charge is 0.466 e. The normalized spacial score (nSPS) is 11.5. The first kappa shape index (κ1) is 14.3. The van der Waals surface area contributed by atoms with Crippen LogP contribution in [0.25, 0.3) is 11.0 Å². The quantitative estimate of drug-likeness (QED) is 0.759. The van der Waals surface area contributed by atoms with Gasteiger partial charge in [-0.3, -0.25) is 4.79 Å². The number of nitrogens with zero attached hydrogens (tertiary/aromatic N) is 3. The Morgan fingerprint density at radius 3 is 2.65 bits per heavy atom. The molecule has 0 saturated carbocycles. The molecular weight excluding hydrogens is 282 g/mol. The third-order valence-electron chi connectivity index (χ3n) is 2.51. The first-order chi connectivity index (χ1) is 9.40. The number of benzene rings is 1. The Morgan fingerprint density at radius 2 is 2.00 bits per heavy atom. The number of carbonyl (C=O) groups excluding carboxylic acids is 1. The third-order valence-corrected chi connectivity index (χ3v) is 3.62. The maximum atomic E-state index is 11.5. The molecule has 2 rings (SSSR count). The predicted octanol–water partition coefficient (Wildman–Crippen LogP) is 0.534. The van der Waals surface area contributed by atoms with Gasteiger partial charge in [-0.1, -0.05) is 0 Å². The zero-order valence-electron chi connectivity index (χ0n) is 11.0. The summed E-state index contributed by atoms with van der Waals surface area (Å²) in [5.41, 5.74) is 0.840. The van der Waals surface area contributed by atoms with Gasteiger partial charge in [0.25, 0.3) is 0 Å². The molecule has 1 aromatic heterocycles. The van der Waals surface area contributed by atoms with Gasteiger partial charge in [-0.2, -0.15) is 0 Å². The van der Waals surface area contributed by atoms with Crippen molar-refractivity contribution in [3.8, 4) is 0 Å². The van der Waals surface area contributed by atoms with Crippen LogP contribution in [-0.4, -0.2) is 42.4 Å². The molecule has 1 heterocycles.